The number of aromatic amines is 1. The Hall–Kier alpha value is -0.940. The highest BCUT2D eigenvalue weighted by atomic mass is 32.1. The second-order valence-electron chi connectivity index (χ2n) is 4.09. The van der Waals surface area contributed by atoms with Crippen LogP contribution in [-0.2, 0) is 10.3 Å². The molecule has 1 aromatic heterocycles. The molecule has 0 spiro atoms. The summed E-state index contributed by atoms with van der Waals surface area (Å²) in [5.41, 5.74) is -0.175. The van der Waals surface area contributed by atoms with Crippen LogP contribution in [0.4, 0.5) is 0 Å². The Labute approximate surface area is 92.9 Å². The maximum absolute atomic E-state index is 11.1. The number of hydrogen-bond acceptors (Lipinski definition) is 3. The summed E-state index contributed by atoms with van der Waals surface area (Å²) in [5.74, 6) is 0. The minimum atomic E-state index is -0.146. The minimum absolute atomic E-state index is 0.0282. The van der Waals surface area contributed by atoms with Crippen LogP contribution in [0, 0.1) is 4.77 Å². The van der Waals surface area contributed by atoms with Crippen molar-refractivity contribution in [3.05, 3.63) is 27.4 Å². The van der Waals surface area contributed by atoms with E-state index in [4.69, 9.17) is 17.0 Å². The standard InChI is InChI=1S/C10H14N2O2S/c1-10(3-6-14-7-4-10)12-5-2-8(13)11-9(12)15/h2,5H,3-4,6-7H2,1H3,(H,11,13,15). The lowest BCUT2D eigenvalue weighted by molar-refractivity contribution is 0.0282. The van der Waals surface area contributed by atoms with E-state index >= 15 is 0 Å². The van der Waals surface area contributed by atoms with Gasteiger partial charge in [0.2, 0.25) is 0 Å². The Bertz CT molecular complexity index is 457. The summed E-state index contributed by atoms with van der Waals surface area (Å²) in [4.78, 5) is 13.7. The van der Waals surface area contributed by atoms with Gasteiger partial charge in [-0.2, -0.15) is 0 Å². The van der Waals surface area contributed by atoms with Crippen LogP contribution in [0.3, 0.4) is 0 Å². The molecule has 4 nitrogen and oxygen atoms in total. The molecule has 15 heavy (non-hydrogen) atoms. The van der Waals surface area contributed by atoms with Crippen molar-refractivity contribution in [2.24, 2.45) is 0 Å². The number of nitrogens with zero attached hydrogens (tertiary/aromatic N) is 1. The molecule has 82 valence electrons. The van der Waals surface area contributed by atoms with E-state index in [-0.39, 0.29) is 11.1 Å². The molecule has 1 aliphatic rings. The molecule has 0 atom stereocenters. The molecular weight excluding hydrogens is 212 g/mol. The van der Waals surface area contributed by atoms with Crippen LogP contribution in [-0.4, -0.2) is 22.8 Å². The third-order valence-electron chi connectivity index (χ3n) is 2.98. The molecular formula is C10H14N2O2S. The topological polar surface area (TPSA) is 47.0 Å². The number of H-pyrrole nitrogens is 1. The molecule has 1 saturated heterocycles. The second-order valence-corrected chi connectivity index (χ2v) is 4.48. The van der Waals surface area contributed by atoms with Crippen LogP contribution in [0.1, 0.15) is 19.8 Å². The van der Waals surface area contributed by atoms with Crippen LogP contribution in [0.5, 0.6) is 0 Å². The molecule has 0 aliphatic carbocycles. The number of rotatable bonds is 1. The van der Waals surface area contributed by atoms with Crippen LogP contribution >= 0.6 is 12.2 Å². The monoisotopic (exact) mass is 226 g/mol. The SMILES string of the molecule is CC1(n2ccc(=O)[nH]c2=S)CCOCC1. The van der Waals surface area contributed by atoms with Crippen molar-refractivity contribution < 1.29 is 4.74 Å². The van der Waals surface area contributed by atoms with Gasteiger partial charge in [-0.05, 0) is 32.0 Å². The minimum Gasteiger partial charge on any atom is -0.381 e. The Kier molecular flexibility index (Phi) is 2.75. The Balaban J connectivity index is 2.43. The lowest BCUT2D eigenvalue weighted by Gasteiger charge is -2.35. The van der Waals surface area contributed by atoms with Crippen molar-refractivity contribution in [2.45, 2.75) is 25.3 Å². The molecule has 0 unspecified atom stereocenters. The molecule has 0 aromatic carbocycles. The predicted octanol–water partition coefficient (Wildman–Crippen LogP) is 1.43. The number of ether oxygens (including phenoxy) is 1. The fourth-order valence-corrected chi connectivity index (χ4v) is 2.28. The molecule has 0 bridgehead atoms. The molecule has 1 N–H and O–H groups in total. The summed E-state index contributed by atoms with van der Waals surface area (Å²) < 4.78 is 7.79. The zero-order valence-electron chi connectivity index (χ0n) is 8.66. The van der Waals surface area contributed by atoms with Crippen LogP contribution in [0.15, 0.2) is 17.1 Å². The Morgan fingerprint density at radius 2 is 2.20 bits per heavy atom. The van der Waals surface area contributed by atoms with E-state index in [1.807, 2.05) is 4.57 Å². The van der Waals surface area contributed by atoms with Gasteiger partial charge in [-0.1, -0.05) is 0 Å². The molecule has 0 saturated carbocycles. The lowest BCUT2D eigenvalue weighted by Crippen LogP contribution is -2.38. The van der Waals surface area contributed by atoms with Gasteiger partial charge >= 0.3 is 0 Å². The van der Waals surface area contributed by atoms with Gasteiger partial charge in [-0.15, -0.1) is 0 Å². The average Bonchev–Trinajstić information content (AvgIpc) is 2.18. The lowest BCUT2D eigenvalue weighted by atomic mass is 9.92. The van der Waals surface area contributed by atoms with Gasteiger partial charge in [0.25, 0.3) is 5.56 Å². The normalized spacial score (nSPS) is 20.1. The van der Waals surface area contributed by atoms with Gasteiger partial charge in [0.1, 0.15) is 0 Å². The first-order chi connectivity index (χ1) is 7.12. The van der Waals surface area contributed by atoms with E-state index in [1.54, 1.807) is 6.20 Å². The third kappa shape index (κ3) is 2.03. The van der Waals surface area contributed by atoms with E-state index in [0.717, 1.165) is 26.1 Å². The van der Waals surface area contributed by atoms with Crippen LogP contribution in [0.2, 0.25) is 0 Å². The fourth-order valence-electron chi connectivity index (χ4n) is 1.89. The summed E-state index contributed by atoms with van der Waals surface area (Å²) in [6.07, 6.45) is 3.62. The quantitative estimate of drug-likeness (QED) is 0.737. The molecule has 1 aromatic rings. The second kappa shape index (κ2) is 3.90. The fraction of sp³-hybridized carbons (Fsp3) is 0.600. The van der Waals surface area contributed by atoms with Crippen LogP contribution in [0.25, 0.3) is 0 Å². The van der Waals surface area contributed by atoms with Gasteiger partial charge in [0.15, 0.2) is 4.77 Å². The van der Waals surface area contributed by atoms with Gasteiger partial charge < -0.3 is 9.30 Å². The third-order valence-corrected chi connectivity index (χ3v) is 3.27. The first-order valence-electron chi connectivity index (χ1n) is 5.02. The van der Waals surface area contributed by atoms with Crippen molar-refractivity contribution in [3.8, 4) is 0 Å². The van der Waals surface area contributed by atoms with E-state index in [9.17, 15) is 4.79 Å². The largest absolute Gasteiger partial charge is 0.381 e. The molecule has 1 aliphatic heterocycles. The maximum atomic E-state index is 11.1. The van der Waals surface area contributed by atoms with Crippen LogP contribution < -0.4 is 5.56 Å². The average molecular weight is 226 g/mol. The van der Waals surface area contributed by atoms with E-state index in [0.29, 0.717) is 4.77 Å². The van der Waals surface area contributed by atoms with E-state index in [2.05, 4.69) is 11.9 Å². The molecule has 5 heteroatoms. The molecule has 2 heterocycles. The highest BCUT2D eigenvalue weighted by Gasteiger charge is 2.29. The van der Waals surface area contributed by atoms with E-state index < -0.39 is 0 Å². The zero-order valence-corrected chi connectivity index (χ0v) is 9.47. The Morgan fingerprint density at radius 1 is 1.53 bits per heavy atom. The predicted molar refractivity (Wildman–Crippen MR) is 59.6 cm³/mol. The smallest absolute Gasteiger partial charge is 0.251 e. The summed E-state index contributed by atoms with van der Waals surface area (Å²) >= 11 is 5.16. The summed E-state index contributed by atoms with van der Waals surface area (Å²) in [7, 11) is 0. The molecule has 2 rings (SSSR count). The molecule has 0 amide bonds. The highest BCUT2D eigenvalue weighted by Crippen LogP contribution is 2.27. The highest BCUT2D eigenvalue weighted by molar-refractivity contribution is 7.71. The van der Waals surface area contributed by atoms with Crippen molar-refractivity contribution in [1.29, 1.82) is 0 Å². The summed E-state index contributed by atoms with van der Waals surface area (Å²) in [6.45, 7) is 3.64. The van der Waals surface area contributed by atoms with Crippen molar-refractivity contribution in [3.63, 3.8) is 0 Å². The van der Waals surface area contributed by atoms with Gasteiger partial charge in [-0.3, -0.25) is 9.78 Å². The van der Waals surface area contributed by atoms with Crippen molar-refractivity contribution in [2.75, 3.05) is 13.2 Å². The molecule has 1 fully saturated rings. The molecule has 0 radical (unpaired) electrons. The summed E-state index contributed by atoms with van der Waals surface area (Å²) in [6, 6.07) is 1.51. The van der Waals surface area contributed by atoms with Crippen molar-refractivity contribution in [1.82, 2.24) is 9.55 Å². The van der Waals surface area contributed by atoms with Gasteiger partial charge in [0.05, 0.1) is 0 Å². The van der Waals surface area contributed by atoms with Gasteiger partial charge in [0, 0.05) is 31.0 Å². The Morgan fingerprint density at radius 3 is 2.80 bits per heavy atom. The number of nitrogens with one attached hydrogen (secondary N) is 1. The van der Waals surface area contributed by atoms with Gasteiger partial charge in [-0.25, -0.2) is 0 Å². The number of aromatic nitrogens is 2. The first-order valence-corrected chi connectivity index (χ1v) is 5.43. The maximum Gasteiger partial charge on any atom is 0.251 e. The summed E-state index contributed by atoms with van der Waals surface area (Å²) in [5, 5.41) is 0. The number of hydrogen-bond donors (Lipinski definition) is 1. The zero-order chi connectivity index (χ0) is 10.9. The van der Waals surface area contributed by atoms with E-state index in [1.165, 1.54) is 6.07 Å². The van der Waals surface area contributed by atoms with Crippen molar-refractivity contribution >= 4 is 12.2 Å². The first kappa shape index (κ1) is 10.6.